The average molecular weight is 188 g/mol. The Morgan fingerprint density at radius 1 is 1.58 bits per heavy atom. The predicted octanol–water partition coefficient (Wildman–Crippen LogP) is 2.26. The molecule has 12 heavy (non-hydrogen) atoms. The smallest absolute Gasteiger partial charge is 0.277 e. The minimum absolute atomic E-state index is 0.167. The van der Waals surface area contributed by atoms with Crippen molar-refractivity contribution in [2.24, 2.45) is 0 Å². The molecule has 0 aliphatic carbocycles. The van der Waals surface area contributed by atoms with Crippen molar-refractivity contribution in [3.63, 3.8) is 0 Å². The largest absolute Gasteiger partial charge is 0.508 e. The first-order chi connectivity index (χ1) is 5.52. The molecule has 4 nitrogen and oxygen atoms in total. The van der Waals surface area contributed by atoms with Gasteiger partial charge in [0.25, 0.3) is 5.69 Å². The number of aromatic hydroxyl groups is 1. The summed E-state index contributed by atoms with van der Waals surface area (Å²) in [5, 5.41) is 19.5. The lowest BCUT2D eigenvalue weighted by Crippen LogP contribution is -1.91. The molecule has 0 saturated heterocycles. The number of rotatable bonds is 1. The maximum absolute atomic E-state index is 10.4. The van der Waals surface area contributed by atoms with Crippen molar-refractivity contribution in [2.75, 3.05) is 0 Å². The van der Waals surface area contributed by atoms with Crippen LogP contribution in [0.1, 0.15) is 5.56 Å². The van der Waals surface area contributed by atoms with Gasteiger partial charge in [0.2, 0.25) is 0 Å². The van der Waals surface area contributed by atoms with Crippen molar-refractivity contribution in [3.8, 4) is 5.75 Å². The highest BCUT2D eigenvalue weighted by molar-refractivity contribution is 6.31. The van der Waals surface area contributed by atoms with Gasteiger partial charge in [0.15, 0.2) is 0 Å². The zero-order valence-electron chi connectivity index (χ0n) is 6.24. The Bertz CT molecular complexity index is 338. The lowest BCUT2D eigenvalue weighted by atomic mass is 10.2. The summed E-state index contributed by atoms with van der Waals surface area (Å²) < 4.78 is 0. The predicted molar refractivity (Wildman–Crippen MR) is 44.5 cm³/mol. The van der Waals surface area contributed by atoms with Gasteiger partial charge in [0.05, 0.1) is 16.0 Å². The fourth-order valence-corrected chi connectivity index (χ4v) is 1.05. The lowest BCUT2D eigenvalue weighted by Gasteiger charge is -1.99. The normalized spacial score (nSPS) is 9.83. The van der Waals surface area contributed by atoms with Crippen molar-refractivity contribution < 1.29 is 10.0 Å². The maximum atomic E-state index is 10.4. The van der Waals surface area contributed by atoms with E-state index in [4.69, 9.17) is 16.7 Å². The molecule has 0 aliphatic rings. The number of nitro groups is 1. The molecular weight excluding hydrogens is 182 g/mol. The lowest BCUT2D eigenvalue weighted by molar-refractivity contribution is -0.385. The van der Waals surface area contributed by atoms with Gasteiger partial charge in [-0.3, -0.25) is 10.1 Å². The van der Waals surface area contributed by atoms with Gasteiger partial charge in [-0.2, -0.15) is 0 Å². The summed E-state index contributed by atoms with van der Waals surface area (Å²) in [6.45, 7) is 1.53. The number of hydrogen-bond acceptors (Lipinski definition) is 3. The third kappa shape index (κ3) is 1.48. The molecule has 0 unspecified atom stereocenters. The van der Waals surface area contributed by atoms with E-state index in [1.165, 1.54) is 13.0 Å². The fraction of sp³-hybridized carbons (Fsp3) is 0.143. The molecule has 0 spiro atoms. The SMILES string of the molecule is Cc1c(Cl)cc(O)cc1[N+](=O)[O-]. The molecule has 1 N–H and O–H groups in total. The number of benzene rings is 1. The van der Waals surface area contributed by atoms with Crippen molar-refractivity contribution in [1.82, 2.24) is 0 Å². The van der Waals surface area contributed by atoms with E-state index < -0.39 is 4.92 Å². The summed E-state index contributed by atoms with van der Waals surface area (Å²) in [6.07, 6.45) is 0. The molecule has 0 aromatic heterocycles. The van der Waals surface area contributed by atoms with E-state index in [1.54, 1.807) is 0 Å². The molecule has 0 bridgehead atoms. The van der Waals surface area contributed by atoms with E-state index >= 15 is 0 Å². The van der Waals surface area contributed by atoms with Gasteiger partial charge in [-0.15, -0.1) is 0 Å². The average Bonchev–Trinajstić information content (AvgIpc) is 1.96. The van der Waals surface area contributed by atoms with Gasteiger partial charge in [0, 0.05) is 5.56 Å². The van der Waals surface area contributed by atoms with Crippen LogP contribution in [0.5, 0.6) is 5.75 Å². The first-order valence-corrected chi connectivity index (χ1v) is 3.53. The molecule has 1 aromatic rings. The molecule has 0 fully saturated rings. The van der Waals surface area contributed by atoms with Gasteiger partial charge in [-0.1, -0.05) is 11.6 Å². The van der Waals surface area contributed by atoms with Gasteiger partial charge in [-0.25, -0.2) is 0 Å². The van der Waals surface area contributed by atoms with Crippen molar-refractivity contribution >= 4 is 17.3 Å². The third-order valence-electron chi connectivity index (χ3n) is 1.50. The van der Waals surface area contributed by atoms with E-state index in [-0.39, 0.29) is 16.5 Å². The number of halogens is 1. The topological polar surface area (TPSA) is 63.4 Å². The Balaban J connectivity index is 3.37. The maximum Gasteiger partial charge on any atom is 0.277 e. The molecule has 5 heteroatoms. The summed E-state index contributed by atoms with van der Waals surface area (Å²) in [5.41, 5.74) is 0.194. The molecule has 0 saturated carbocycles. The number of nitro benzene ring substituents is 1. The number of phenolic OH excluding ortho intramolecular Hbond substituents is 1. The van der Waals surface area contributed by atoms with E-state index in [9.17, 15) is 10.1 Å². The minimum atomic E-state index is -0.582. The summed E-state index contributed by atoms with van der Waals surface area (Å²) in [5.74, 6) is -0.197. The quantitative estimate of drug-likeness (QED) is 0.542. The van der Waals surface area contributed by atoms with Crippen LogP contribution in [0.25, 0.3) is 0 Å². The number of nitrogens with zero attached hydrogens (tertiary/aromatic N) is 1. The zero-order valence-corrected chi connectivity index (χ0v) is 7.00. The van der Waals surface area contributed by atoms with Gasteiger partial charge in [-0.05, 0) is 13.0 Å². The Morgan fingerprint density at radius 3 is 2.67 bits per heavy atom. The second-order valence-electron chi connectivity index (χ2n) is 2.33. The highest BCUT2D eigenvalue weighted by atomic mass is 35.5. The molecular formula is C7H6ClNO3. The highest BCUT2D eigenvalue weighted by Gasteiger charge is 2.14. The number of hydrogen-bond donors (Lipinski definition) is 1. The highest BCUT2D eigenvalue weighted by Crippen LogP contribution is 2.30. The molecule has 64 valence electrons. The number of phenols is 1. The van der Waals surface area contributed by atoms with Crippen molar-refractivity contribution in [3.05, 3.63) is 32.8 Å². The first kappa shape index (κ1) is 8.80. The van der Waals surface area contributed by atoms with Crippen LogP contribution in [-0.2, 0) is 0 Å². The molecule has 0 radical (unpaired) electrons. The van der Waals surface area contributed by atoms with E-state index in [1.807, 2.05) is 0 Å². The first-order valence-electron chi connectivity index (χ1n) is 3.16. The van der Waals surface area contributed by atoms with Crippen LogP contribution in [0.4, 0.5) is 5.69 Å². The van der Waals surface area contributed by atoms with E-state index in [0.717, 1.165) is 6.07 Å². The van der Waals surface area contributed by atoms with E-state index in [0.29, 0.717) is 5.56 Å². The molecule has 0 aliphatic heterocycles. The van der Waals surface area contributed by atoms with E-state index in [2.05, 4.69) is 0 Å². The van der Waals surface area contributed by atoms with Crippen LogP contribution in [0.15, 0.2) is 12.1 Å². The van der Waals surface area contributed by atoms with Crippen molar-refractivity contribution in [1.29, 1.82) is 0 Å². The molecule has 0 atom stereocenters. The summed E-state index contributed by atoms with van der Waals surface area (Å²) >= 11 is 5.60. The Kier molecular flexibility index (Phi) is 2.19. The fourth-order valence-electron chi connectivity index (χ4n) is 0.840. The second kappa shape index (κ2) is 2.98. The Hall–Kier alpha value is -1.29. The third-order valence-corrected chi connectivity index (χ3v) is 1.89. The molecule has 0 amide bonds. The van der Waals surface area contributed by atoms with Crippen LogP contribution in [0, 0.1) is 17.0 Å². The molecule has 0 heterocycles. The van der Waals surface area contributed by atoms with Crippen LogP contribution < -0.4 is 0 Å². The Morgan fingerprint density at radius 2 is 2.17 bits per heavy atom. The second-order valence-corrected chi connectivity index (χ2v) is 2.74. The minimum Gasteiger partial charge on any atom is -0.508 e. The Labute approximate surface area is 73.5 Å². The van der Waals surface area contributed by atoms with Gasteiger partial charge < -0.3 is 5.11 Å². The summed E-state index contributed by atoms with van der Waals surface area (Å²) in [4.78, 5) is 9.78. The monoisotopic (exact) mass is 187 g/mol. The molecule has 1 rings (SSSR count). The zero-order chi connectivity index (χ0) is 9.30. The standard InChI is InChI=1S/C7H6ClNO3/c1-4-6(8)2-5(10)3-7(4)9(11)12/h2-3,10H,1H3. The van der Waals surface area contributed by atoms with Crippen molar-refractivity contribution in [2.45, 2.75) is 6.92 Å². The molecule has 1 aromatic carbocycles. The summed E-state index contributed by atoms with van der Waals surface area (Å²) in [6, 6.07) is 2.34. The summed E-state index contributed by atoms with van der Waals surface area (Å²) in [7, 11) is 0. The van der Waals surface area contributed by atoms with Crippen LogP contribution in [0.2, 0.25) is 5.02 Å². The van der Waals surface area contributed by atoms with Crippen LogP contribution >= 0.6 is 11.6 Å². The van der Waals surface area contributed by atoms with Crippen LogP contribution in [-0.4, -0.2) is 10.0 Å². The van der Waals surface area contributed by atoms with Crippen LogP contribution in [0.3, 0.4) is 0 Å². The van der Waals surface area contributed by atoms with Gasteiger partial charge >= 0.3 is 0 Å². The van der Waals surface area contributed by atoms with Gasteiger partial charge in [0.1, 0.15) is 5.75 Å².